The van der Waals surface area contributed by atoms with E-state index in [0.717, 1.165) is 5.69 Å². The molecule has 1 aromatic heterocycles. The van der Waals surface area contributed by atoms with E-state index in [1.54, 1.807) is 20.8 Å². The first-order chi connectivity index (χ1) is 8.49. The fourth-order valence-corrected chi connectivity index (χ4v) is 1.20. The predicted molar refractivity (Wildman–Crippen MR) is 64.9 cm³/mol. The molecule has 1 rings (SSSR count). The Bertz CT molecular complexity index is 415. The van der Waals surface area contributed by atoms with Gasteiger partial charge >= 0.3 is 5.97 Å². The van der Waals surface area contributed by atoms with Crippen LogP contribution in [0.5, 0.6) is 0 Å². The number of rotatable bonds is 5. The topological polar surface area (TPSA) is 81.2 Å². The SMILES string of the molecule is Cc1cnc(C(=O)NCCC(=O)OC(C)C)cn1. The summed E-state index contributed by atoms with van der Waals surface area (Å²) in [4.78, 5) is 30.7. The molecule has 0 saturated heterocycles. The van der Waals surface area contributed by atoms with Crippen LogP contribution in [0, 0.1) is 6.92 Å². The second-order valence-electron chi connectivity index (χ2n) is 4.09. The summed E-state index contributed by atoms with van der Waals surface area (Å²) in [5.41, 5.74) is 0.977. The maximum absolute atomic E-state index is 11.6. The second kappa shape index (κ2) is 6.68. The van der Waals surface area contributed by atoms with Gasteiger partial charge in [0, 0.05) is 12.7 Å². The van der Waals surface area contributed by atoms with E-state index in [1.807, 2.05) is 0 Å². The number of ether oxygens (including phenoxy) is 1. The van der Waals surface area contributed by atoms with Crippen molar-refractivity contribution in [1.29, 1.82) is 0 Å². The van der Waals surface area contributed by atoms with Crippen LogP contribution in [0.15, 0.2) is 12.4 Å². The van der Waals surface area contributed by atoms with Crippen LogP contribution in [-0.2, 0) is 9.53 Å². The Morgan fingerprint density at radius 3 is 2.61 bits per heavy atom. The number of nitrogens with one attached hydrogen (secondary N) is 1. The van der Waals surface area contributed by atoms with Crippen LogP contribution in [0.3, 0.4) is 0 Å². The molecular weight excluding hydrogens is 234 g/mol. The van der Waals surface area contributed by atoms with Crippen molar-refractivity contribution in [3.63, 3.8) is 0 Å². The van der Waals surface area contributed by atoms with Crippen molar-refractivity contribution in [2.75, 3.05) is 6.54 Å². The molecule has 0 aromatic carbocycles. The summed E-state index contributed by atoms with van der Waals surface area (Å²) in [7, 11) is 0. The van der Waals surface area contributed by atoms with E-state index in [4.69, 9.17) is 4.74 Å². The normalized spacial score (nSPS) is 10.2. The van der Waals surface area contributed by atoms with Gasteiger partial charge in [-0.15, -0.1) is 0 Å². The molecule has 6 nitrogen and oxygen atoms in total. The molecule has 0 unspecified atom stereocenters. The summed E-state index contributed by atoms with van der Waals surface area (Å²) >= 11 is 0. The lowest BCUT2D eigenvalue weighted by molar-refractivity contribution is -0.147. The van der Waals surface area contributed by atoms with Crippen LogP contribution < -0.4 is 5.32 Å². The highest BCUT2D eigenvalue weighted by molar-refractivity contribution is 5.92. The Balaban J connectivity index is 2.33. The molecule has 6 heteroatoms. The molecule has 0 atom stereocenters. The minimum absolute atomic E-state index is 0.142. The van der Waals surface area contributed by atoms with Gasteiger partial charge in [-0.2, -0.15) is 0 Å². The van der Waals surface area contributed by atoms with Gasteiger partial charge in [0.1, 0.15) is 5.69 Å². The van der Waals surface area contributed by atoms with Crippen LogP contribution in [-0.4, -0.2) is 34.5 Å². The molecule has 1 amide bonds. The first-order valence-electron chi connectivity index (χ1n) is 5.75. The molecular formula is C12H17N3O3. The third-order valence-corrected chi connectivity index (χ3v) is 2.00. The van der Waals surface area contributed by atoms with Gasteiger partial charge in [0.05, 0.1) is 24.4 Å². The van der Waals surface area contributed by atoms with Crippen LogP contribution in [0.25, 0.3) is 0 Å². The lowest BCUT2D eigenvalue weighted by atomic mass is 10.3. The molecule has 0 aliphatic heterocycles. The monoisotopic (exact) mass is 251 g/mol. The van der Waals surface area contributed by atoms with Crippen LogP contribution in [0.1, 0.15) is 36.5 Å². The van der Waals surface area contributed by atoms with Crippen LogP contribution in [0.2, 0.25) is 0 Å². The number of amides is 1. The zero-order valence-electron chi connectivity index (χ0n) is 10.8. The van der Waals surface area contributed by atoms with Crippen molar-refractivity contribution in [3.8, 4) is 0 Å². The van der Waals surface area contributed by atoms with E-state index in [2.05, 4.69) is 15.3 Å². The number of hydrogen-bond donors (Lipinski definition) is 1. The Kier molecular flexibility index (Phi) is 5.23. The van der Waals surface area contributed by atoms with Crippen LogP contribution >= 0.6 is 0 Å². The van der Waals surface area contributed by atoms with Crippen molar-refractivity contribution in [2.45, 2.75) is 33.3 Å². The number of esters is 1. The minimum atomic E-state index is -0.347. The number of hydrogen-bond acceptors (Lipinski definition) is 5. The Hall–Kier alpha value is -1.98. The number of carbonyl (C=O) groups excluding carboxylic acids is 2. The first-order valence-corrected chi connectivity index (χ1v) is 5.75. The van der Waals surface area contributed by atoms with Gasteiger partial charge in [0.2, 0.25) is 0 Å². The van der Waals surface area contributed by atoms with Gasteiger partial charge in [0.25, 0.3) is 5.91 Å². The van der Waals surface area contributed by atoms with Crippen molar-refractivity contribution in [3.05, 3.63) is 23.8 Å². The molecule has 0 aliphatic carbocycles. The zero-order valence-corrected chi connectivity index (χ0v) is 10.8. The smallest absolute Gasteiger partial charge is 0.307 e. The number of nitrogens with zero attached hydrogens (tertiary/aromatic N) is 2. The molecule has 0 bridgehead atoms. The molecule has 0 aliphatic rings. The van der Waals surface area contributed by atoms with Gasteiger partial charge < -0.3 is 10.1 Å². The fraction of sp³-hybridized carbons (Fsp3) is 0.500. The molecule has 1 heterocycles. The van der Waals surface area contributed by atoms with Gasteiger partial charge in [-0.1, -0.05) is 0 Å². The Morgan fingerprint density at radius 2 is 2.06 bits per heavy atom. The summed E-state index contributed by atoms with van der Waals surface area (Å²) in [6, 6.07) is 0. The van der Waals surface area contributed by atoms with Gasteiger partial charge in [-0.05, 0) is 20.8 Å². The standard InChI is InChI=1S/C12H17N3O3/c1-8(2)18-11(16)4-5-13-12(17)10-7-14-9(3)6-15-10/h6-8H,4-5H2,1-3H3,(H,13,17). The molecule has 98 valence electrons. The van der Waals surface area contributed by atoms with Gasteiger partial charge in [-0.3, -0.25) is 14.6 Å². The van der Waals surface area contributed by atoms with Crippen molar-refractivity contribution in [1.82, 2.24) is 15.3 Å². The second-order valence-corrected chi connectivity index (χ2v) is 4.09. The predicted octanol–water partition coefficient (Wildman–Crippen LogP) is 0.857. The highest BCUT2D eigenvalue weighted by atomic mass is 16.5. The van der Waals surface area contributed by atoms with Crippen molar-refractivity contribution >= 4 is 11.9 Å². The van der Waals surface area contributed by atoms with Gasteiger partial charge in [0.15, 0.2) is 0 Å². The highest BCUT2D eigenvalue weighted by Gasteiger charge is 2.09. The lowest BCUT2D eigenvalue weighted by Crippen LogP contribution is -2.28. The quantitative estimate of drug-likeness (QED) is 0.785. The number of aromatic nitrogens is 2. The van der Waals surface area contributed by atoms with E-state index in [-0.39, 0.29) is 36.6 Å². The van der Waals surface area contributed by atoms with Crippen LogP contribution in [0.4, 0.5) is 0 Å². The number of carbonyl (C=O) groups is 2. The molecule has 0 spiro atoms. The van der Waals surface area contributed by atoms with E-state index in [0.29, 0.717) is 0 Å². The third-order valence-electron chi connectivity index (χ3n) is 2.00. The lowest BCUT2D eigenvalue weighted by Gasteiger charge is -2.08. The summed E-state index contributed by atoms with van der Waals surface area (Å²) in [6.07, 6.45) is 2.92. The third kappa shape index (κ3) is 4.90. The van der Waals surface area contributed by atoms with E-state index in [9.17, 15) is 9.59 Å². The first kappa shape index (κ1) is 14.1. The van der Waals surface area contributed by atoms with Crippen molar-refractivity contribution in [2.24, 2.45) is 0 Å². The number of aryl methyl sites for hydroxylation is 1. The molecule has 0 saturated carbocycles. The average Bonchev–Trinajstić information content (AvgIpc) is 2.28. The molecule has 1 N–H and O–H groups in total. The van der Waals surface area contributed by atoms with Gasteiger partial charge in [-0.25, -0.2) is 4.98 Å². The zero-order chi connectivity index (χ0) is 13.5. The molecule has 0 radical (unpaired) electrons. The van der Waals surface area contributed by atoms with Crippen molar-refractivity contribution < 1.29 is 14.3 Å². The highest BCUT2D eigenvalue weighted by Crippen LogP contribution is 1.95. The maximum atomic E-state index is 11.6. The summed E-state index contributed by atoms with van der Waals surface area (Å²) in [5.74, 6) is -0.680. The van der Waals surface area contributed by atoms with E-state index < -0.39 is 0 Å². The maximum Gasteiger partial charge on any atom is 0.307 e. The summed E-state index contributed by atoms with van der Waals surface area (Å²) < 4.78 is 4.94. The van der Waals surface area contributed by atoms with E-state index >= 15 is 0 Å². The Morgan fingerprint density at radius 1 is 1.33 bits per heavy atom. The average molecular weight is 251 g/mol. The van der Waals surface area contributed by atoms with E-state index in [1.165, 1.54) is 12.4 Å². The summed E-state index contributed by atoms with van der Waals surface area (Å²) in [6.45, 7) is 5.56. The Labute approximate surface area is 106 Å². The molecule has 1 aromatic rings. The fourth-order valence-electron chi connectivity index (χ4n) is 1.20. The minimum Gasteiger partial charge on any atom is -0.463 e. The molecule has 0 fully saturated rings. The summed E-state index contributed by atoms with van der Waals surface area (Å²) in [5, 5.41) is 2.58. The molecule has 18 heavy (non-hydrogen) atoms. The largest absolute Gasteiger partial charge is 0.463 e.